The first-order chi connectivity index (χ1) is 16.8. The van der Waals surface area contributed by atoms with Crippen molar-refractivity contribution in [3.8, 4) is 0 Å². The molecule has 3 aliphatic rings. The molecule has 7 heteroatoms. The van der Waals surface area contributed by atoms with E-state index in [9.17, 15) is 19.1 Å². The van der Waals surface area contributed by atoms with Gasteiger partial charge in [-0.1, -0.05) is 24.3 Å². The van der Waals surface area contributed by atoms with Gasteiger partial charge >= 0.3 is 5.97 Å². The van der Waals surface area contributed by atoms with Crippen LogP contribution >= 0.6 is 0 Å². The van der Waals surface area contributed by atoms with Gasteiger partial charge in [0, 0.05) is 30.6 Å². The van der Waals surface area contributed by atoms with Gasteiger partial charge in [-0.25, -0.2) is 8.78 Å². The van der Waals surface area contributed by atoms with Crippen molar-refractivity contribution in [1.82, 2.24) is 9.47 Å². The lowest BCUT2D eigenvalue weighted by atomic mass is 9.80. The average molecular weight is 479 g/mol. The van der Waals surface area contributed by atoms with E-state index in [1.807, 2.05) is 21.6 Å². The SMILES string of the molecule is O=C(CC12CCC(C(=O)O)(CC1)C2)N1CCc2c(n(Cc3cccc(F)c3)c3c(F)cccc23)C1. The molecule has 182 valence electrons. The number of carboxylic acids is 1. The van der Waals surface area contributed by atoms with Crippen molar-refractivity contribution < 1.29 is 23.5 Å². The maximum atomic E-state index is 15.0. The second-order valence-electron chi connectivity index (χ2n) is 10.8. The Hall–Kier alpha value is -3.22. The molecule has 0 spiro atoms. The number of para-hydroxylation sites is 1. The molecular weight excluding hydrogens is 450 g/mol. The molecule has 2 aliphatic carbocycles. The van der Waals surface area contributed by atoms with Gasteiger partial charge in [0.2, 0.25) is 5.91 Å². The van der Waals surface area contributed by atoms with Crippen LogP contribution in [0, 0.1) is 22.5 Å². The number of fused-ring (bicyclic) bond motifs is 5. The molecule has 2 heterocycles. The average Bonchev–Trinajstić information content (AvgIpc) is 3.49. The van der Waals surface area contributed by atoms with Crippen LogP contribution in [0.3, 0.4) is 0 Å². The molecule has 1 amide bonds. The zero-order chi connectivity index (χ0) is 24.4. The van der Waals surface area contributed by atoms with E-state index < -0.39 is 11.4 Å². The molecule has 1 aromatic heterocycles. The number of carbonyl (C=O) groups is 2. The van der Waals surface area contributed by atoms with Crippen molar-refractivity contribution in [3.63, 3.8) is 0 Å². The van der Waals surface area contributed by atoms with Crippen molar-refractivity contribution >= 4 is 22.8 Å². The first kappa shape index (κ1) is 22.3. The first-order valence-corrected chi connectivity index (χ1v) is 12.3. The summed E-state index contributed by atoms with van der Waals surface area (Å²) in [6.07, 6.45) is 4.47. The van der Waals surface area contributed by atoms with Gasteiger partial charge in [0.1, 0.15) is 11.6 Å². The van der Waals surface area contributed by atoms with Crippen LogP contribution in [0.15, 0.2) is 42.5 Å². The molecule has 3 aromatic rings. The Balaban J connectivity index is 1.30. The maximum absolute atomic E-state index is 15.0. The number of rotatable bonds is 5. The summed E-state index contributed by atoms with van der Waals surface area (Å²) in [6, 6.07) is 11.4. The van der Waals surface area contributed by atoms with Crippen LogP contribution in [0.5, 0.6) is 0 Å². The molecule has 0 radical (unpaired) electrons. The minimum Gasteiger partial charge on any atom is -0.481 e. The summed E-state index contributed by atoms with van der Waals surface area (Å²) in [5.41, 5.74) is 2.30. The number of nitrogens with zero attached hydrogens (tertiary/aromatic N) is 2. The van der Waals surface area contributed by atoms with E-state index in [0.29, 0.717) is 57.3 Å². The minimum absolute atomic E-state index is 0.0433. The number of aliphatic carboxylic acids is 1. The van der Waals surface area contributed by atoms with Crippen LogP contribution in [-0.4, -0.2) is 33.0 Å². The number of carboxylic acid groups (broad SMARTS) is 1. The summed E-state index contributed by atoms with van der Waals surface area (Å²) in [7, 11) is 0. The summed E-state index contributed by atoms with van der Waals surface area (Å²) < 4.78 is 30.8. The predicted octanol–water partition coefficient (Wildman–Crippen LogP) is 5.28. The third-order valence-corrected chi connectivity index (χ3v) is 8.77. The van der Waals surface area contributed by atoms with Crippen LogP contribution < -0.4 is 0 Å². The van der Waals surface area contributed by atoms with Gasteiger partial charge in [0.05, 0.1) is 17.5 Å². The lowest BCUT2D eigenvalue weighted by Crippen LogP contribution is -2.39. The van der Waals surface area contributed by atoms with Crippen molar-refractivity contribution in [1.29, 1.82) is 0 Å². The molecule has 35 heavy (non-hydrogen) atoms. The van der Waals surface area contributed by atoms with Crippen LogP contribution in [0.4, 0.5) is 8.78 Å². The van der Waals surface area contributed by atoms with Crippen molar-refractivity contribution in [2.24, 2.45) is 10.8 Å². The van der Waals surface area contributed by atoms with E-state index in [0.717, 1.165) is 35.0 Å². The maximum Gasteiger partial charge on any atom is 0.309 e. The fourth-order valence-corrected chi connectivity index (χ4v) is 6.95. The van der Waals surface area contributed by atoms with Crippen LogP contribution in [0.1, 0.15) is 55.3 Å². The van der Waals surface area contributed by atoms with Crippen LogP contribution in [0.2, 0.25) is 0 Å². The molecule has 6 rings (SSSR count). The molecular formula is C28H28F2N2O3. The Morgan fingerprint density at radius 1 is 1.03 bits per heavy atom. The fourth-order valence-electron chi connectivity index (χ4n) is 6.95. The number of halogens is 2. The summed E-state index contributed by atoms with van der Waals surface area (Å²) in [5.74, 6) is -1.35. The van der Waals surface area contributed by atoms with E-state index in [1.165, 1.54) is 18.2 Å². The highest BCUT2D eigenvalue weighted by Gasteiger charge is 2.58. The van der Waals surface area contributed by atoms with Gasteiger partial charge in [-0.2, -0.15) is 0 Å². The fraction of sp³-hybridized carbons (Fsp3) is 0.429. The van der Waals surface area contributed by atoms with Gasteiger partial charge in [-0.3, -0.25) is 9.59 Å². The van der Waals surface area contributed by atoms with Crippen molar-refractivity contribution in [2.45, 2.75) is 58.0 Å². The highest BCUT2D eigenvalue weighted by Crippen LogP contribution is 2.63. The Morgan fingerprint density at radius 3 is 2.51 bits per heavy atom. The summed E-state index contributed by atoms with van der Waals surface area (Å²) in [4.78, 5) is 27.1. The van der Waals surface area contributed by atoms with Gasteiger partial charge in [-0.15, -0.1) is 0 Å². The lowest BCUT2D eigenvalue weighted by Gasteiger charge is -2.33. The standard InChI is InChI=1S/C28H28F2N2O3/c29-19-4-1-3-18(13-19)15-32-23-16-31(12-7-20(23)21-5-2-6-22(30)25(21)32)24(33)14-27-8-10-28(17-27,11-9-27)26(34)35/h1-6,13H,7-12,14-17H2,(H,34,35). The van der Waals surface area contributed by atoms with E-state index in [1.54, 1.807) is 12.1 Å². The lowest BCUT2D eigenvalue weighted by molar-refractivity contribution is -0.148. The largest absolute Gasteiger partial charge is 0.481 e. The Bertz CT molecular complexity index is 1350. The Morgan fingerprint density at radius 2 is 1.80 bits per heavy atom. The minimum atomic E-state index is -0.726. The number of hydrogen-bond donors (Lipinski definition) is 1. The van der Waals surface area contributed by atoms with E-state index in [2.05, 4.69) is 0 Å². The second kappa shape index (κ2) is 7.90. The van der Waals surface area contributed by atoms with Crippen molar-refractivity contribution in [3.05, 3.63) is 70.9 Å². The van der Waals surface area contributed by atoms with Gasteiger partial charge in [0.15, 0.2) is 0 Å². The number of amides is 1. The van der Waals surface area contributed by atoms with Gasteiger partial charge in [0.25, 0.3) is 0 Å². The molecule has 5 nitrogen and oxygen atoms in total. The zero-order valence-electron chi connectivity index (χ0n) is 19.5. The smallest absolute Gasteiger partial charge is 0.309 e. The van der Waals surface area contributed by atoms with E-state index in [-0.39, 0.29) is 23.0 Å². The van der Waals surface area contributed by atoms with Crippen molar-refractivity contribution in [2.75, 3.05) is 6.54 Å². The number of carbonyl (C=O) groups excluding carboxylic acids is 1. The molecule has 0 atom stereocenters. The summed E-state index contributed by atoms with van der Waals surface area (Å²) >= 11 is 0. The zero-order valence-corrected chi connectivity index (χ0v) is 19.5. The molecule has 1 N–H and O–H groups in total. The Labute approximate surface area is 202 Å². The molecule has 1 aliphatic heterocycles. The molecule has 2 aromatic carbocycles. The Kier molecular flexibility index (Phi) is 5.02. The molecule has 0 unspecified atom stereocenters. The van der Waals surface area contributed by atoms with E-state index in [4.69, 9.17) is 0 Å². The number of benzene rings is 2. The third kappa shape index (κ3) is 3.55. The molecule has 2 fully saturated rings. The normalized spacial score (nSPS) is 25.3. The highest BCUT2D eigenvalue weighted by molar-refractivity contribution is 5.87. The predicted molar refractivity (Wildman–Crippen MR) is 127 cm³/mol. The number of aromatic nitrogens is 1. The molecule has 2 bridgehead atoms. The molecule has 2 saturated carbocycles. The summed E-state index contributed by atoms with van der Waals surface area (Å²) in [5, 5.41) is 10.6. The second-order valence-corrected chi connectivity index (χ2v) is 10.8. The number of hydrogen-bond acceptors (Lipinski definition) is 2. The third-order valence-electron chi connectivity index (χ3n) is 8.77. The van der Waals surface area contributed by atoms with Crippen LogP contribution in [-0.2, 0) is 29.1 Å². The van der Waals surface area contributed by atoms with Gasteiger partial charge in [-0.05, 0) is 73.3 Å². The first-order valence-electron chi connectivity index (χ1n) is 12.3. The topological polar surface area (TPSA) is 62.5 Å². The molecule has 0 saturated heterocycles. The highest BCUT2D eigenvalue weighted by atomic mass is 19.1. The van der Waals surface area contributed by atoms with Crippen LogP contribution in [0.25, 0.3) is 10.9 Å². The van der Waals surface area contributed by atoms with Gasteiger partial charge < -0.3 is 14.6 Å². The van der Waals surface area contributed by atoms with E-state index >= 15 is 4.39 Å². The quantitative estimate of drug-likeness (QED) is 0.543. The monoisotopic (exact) mass is 478 g/mol. The summed E-state index contributed by atoms with van der Waals surface area (Å²) in [6.45, 7) is 1.25.